The van der Waals surface area contributed by atoms with Crippen molar-refractivity contribution in [1.29, 1.82) is 0 Å². The fourth-order valence-electron chi connectivity index (χ4n) is 3.05. The smallest absolute Gasteiger partial charge is 0.123 e. The molecule has 100 valence electrons. The minimum Gasteiger partial charge on any atom is -0.318 e. The van der Waals surface area contributed by atoms with Crippen LogP contribution in [0.1, 0.15) is 24.8 Å². The van der Waals surface area contributed by atoms with Crippen LogP contribution in [0.4, 0.5) is 4.39 Å². The van der Waals surface area contributed by atoms with E-state index >= 15 is 0 Å². The van der Waals surface area contributed by atoms with Gasteiger partial charge in [0.1, 0.15) is 5.82 Å². The molecule has 1 heterocycles. The minimum absolute atomic E-state index is 0.154. The monoisotopic (exact) mass is 250 g/mol. The van der Waals surface area contributed by atoms with Crippen LogP contribution in [0.3, 0.4) is 0 Å². The number of rotatable bonds is 4. The van der Waals surface area contributed by atoms with Crippen molar-refractivity contribution in [1.82, 2.24) is 10.2 Å². The quantitative estimate of drug-likeness (QED) is 0.883. The van der Waals surface area contributed by atoms with Crippen LogP contribution in [0.5, 0.6) is 0 Å². The maximum absolute atomic E-state index is 13.0. The molecule has 3 heteroatoms. The van der Waals surface area contributed by atoms with E-state index in [9.17, 15) is 4.39 Å². The summed E-state index contributed by atoms with van der Waals surface area (Å²) in [5, 5.41) is 3.32. The molecule has 1 aliphatic rings. The summed E-state index contributed by atoms with van der Waals surface area (Å²) in [4.78, 5) is 2.47. The molecule has 2 nitrogen and oxygen atoms in total. The number of nitrogens with zero attached hydrogens (tertiary/aromatic N) is 1. The highest BCUT2D eigenvalue weighted by atomic mass is 19.1. The van der Waals surface area contributed by atoms with Crippen molar-refractivity contribution in [2.24, 2.45) is 0 Å². The molecule has 18 heavy (non-hydrogen) atoms. The second-order valence-corrected chi connectivity index (χ2v) is 5.44. The Kier molecular flexibility index (Phi) is 4.36. The van der Waals surface area contributed by atoms with Gasteiger partial charge in [-0.15, -0.1) is 0 Å². The van der Waals surface area contributed by atoms with E-state index in [1.165, 1.54) is 24.8 Å². The van der Waals surface area contributed by atoms with Gasteiger partial charge in [0.15, 0.2) is 0 Å². The third-order valence-corrected chi connectivity index (χ3v) is 4.15. The molecule has 0 spiro atoms. The number of hydrogen-bond donors (Lipinski definition) is 1. The molecule has 0 amide bonds. The Balaban J connectivity index is 2.16. The first-order valence-corrected chi connectivity index (χ1v) is 6.77. The van der Waals surface area contributed by atoms with E-state index in [2.05, 4.69) is 17.3 Å². The van der Waals surface area contributed by atoms with E-state index in [0.29, 0.717) is 0 Å². The Bertz CT molecular complexity index is 373. The Morgan fingerprint density at radius 2 is 2.00 bits per heavy atom. The largest absolute Gasteiger partial charge is 0.318 e. The normalized spacial score (nSPS) is 25.3. The molecule has 1 aliphatic heterocycles. The second-order valence-electron chi connectivity index (χ2n) is 5.44. The maximum atomic E-state index is 13.0. The molecular weight excluding hydrogens is 227 g/mol. The van der Waals surface area contributed by atoms with E-state index in [-0.39, 0.29) is 11.4 Å². The number of likely N-dealkylation sites (tertiary alicyclic amines) is 1. The van der Waals surface area contributed by atoms with Gasteiger partial charge in [-0.25, -0.2) is 4.39 Å². The number of benzene rings is 1. The van der Waals surface area contributed by atoms with Crippen LogP contribution in [0.25, 0.3) is 0 Å². The summed E-state index contributed by atoms with van der Waals surface area (Å²) < 4.78 is 13.0. The van der Waals surface area contributed by atoms with Gasteiger partial charge in [-0.05, 0) is 57.6 Å². The lowest BCUT2D eigenvalue weighted by Gasteiger charge is -2.46. The van der Waals surface area contributed by atoms with Gasteiger partial charge < -0.3 is 5.32 Å². The van der Waals surface area contributed by atoms with Crippen LogP contribution >= 0.6 is 0 Å². The summed E-state index contributed by atoms with van der Waals surface area (Å²) in [6.45, 7) is 2.14. The molecule has 1 atom stereocenters. The van der Waals surface area contributed by atoms with Gasteiger partial charge in [0.25, 0.3) is 0 Å². The molecule has 1 saturated heterocycles. The highest BCUT2D eigenvalue weighted by Gasteiger charge is 2.35. The molecule has 1 fully saturated rings. The van der Waals surface area contributed by atoms with Gasteiger partial charge in [-0.2, -0.15) is 0 Å². The fourth-order valence-corrected chi connectivity index (χ4v) is 3.05. The Morgan fingerprint density at radius 3 is 2.61 bits per heavy atom. The van der Waals surface area contributed by atoms with Gasteiger partial charge in [0.2, 0.25) is 0 Å². The summed E-state index contributed by atoms with van der Waals surface area (Å²) in [5.74, 6) is -0.154. The molecule has 0 aromatic heterocycles. The Labute approximate surface area is 109 Å². The van der Waals surface area contributed by atoms with Crippen molar-refractivity contribution in [2.75, 3.05) is 27.2 Å². The van der Waals surface area contributed by atoms with Crippen molar-refractivity contribution in [2.45, 2.75) is 31.2 Å². The lowest BCUT2D eigenvalue weighted by Crippen LogP contribution is -2.56. The van der Waals surface area contributed by atoms with Gasteiger partial charge in [-0.3, -0.25) is 4.90 Å². The molecule has 2 rings (SSSR count). The van der Waals surface area contributed by atoms with Crippen molar-refractivity contribution in [3.8, 4) is 0 Å². The predicted octanol–water partition coefficient (Wildman–Crippen LogP) is 2.44. The van der Waals surface area contributed by atoms with Crippen LogP contribution in [-0.2, 0) is 6.42 Å². The van der Waals surface area contributed by atoms with Gasteiger partial charge in [0.05, 0.1) is 0 Å². The zero-order valence-corrected chi connectivity index (χ0v) is 11.4. The van der Waals surface area contributed by atoms with Crippen LogP contribution < -0.4 is 5.32 Å². The number of nitrogens with one attached hydrogen (secondary N) is 1. The zero-order chi connectivity index (χ0) is 13.0. The van der Waals surface area contributed by atoms with E-state index in [1.54, 1.807) is 12.1 Å². The molecule has 0 aliphatic carbocycles. The number of likely N-dealkylation sites (N-methyl/N-ethyl adjacent to an activating group) is 2. The number of hydrogen-bond acceptors (Lipinski definition) is 2. The molecule has 0 saturated carbocycles. The van der Waals surface area contributed by atoms with E-state index in [0.717, 1.165) is 19.5 Å². The third kappa shape index (κ3) is 2.90. The summed E-state index contributed by atoms with van der Waals surface area (Å²) in [6, 6.07) is 6.95. The van der Waals surface area contributed by atoms with E-state index in [1.807, 2.05) is 19.2 Å². The third-order valence-electron chi connectivity index (χ3n) is 4.15. The van der Waals surface area contributed by atoms with Crippen LogP contribution in [0, 0.1) is 5.82 Å². The van der Waals surface area contributed by atoms with Crippen molar-refractivity contribution in [3.05, 3.63) is 35.6 Å². The molecule has 1 unspecified atom stereocenters. The average molecular weight is 250 g/mol. The van der Waals surface area contributed by atoms with Crippen molar-refractivity contribution < 1.29 is 4.39 Å². The van der Waals surface area contributed by atoms with Gasteiger partial charge in [0, 0.05) is 12.1 Å². The fraction of sp³-hybridized carbons (Fsp3) is 0.600. The topological polar surface area (TPSA) is 15.3 Å². The van der Waals surface area contributed by atoms with E-state index < -0.39 is 0 Å². The minimum atomic E-state index is -0.154. The zero-order valence-electron chi connectivity index (χ0n) is 11.4. The van der Waals surface area contributed by atoms with E-state index in [4.69, 9.17) is 0 Å². The average Bonchev–Trinajstić information content (AvgIpc) is 2.36. The Hall–Kier alpha value is -0.930. The first-order chi connectivity index (χ1) is 8.66. The molecular formula is C15H23FN2. The van der Waals surface area contributed by atoms with Crippen LogP contribution in [0.2, 0.25) is 0 Å². The predicted molar refractivity (Wildman–Crippen MR) is 73.2 cm³/mol. The molecule has 1 aromatic carbocycles. The molecule has 1 N–H and O–H groups in total. The lowest BCUT2D eigenvalue weighted by molar-refractivity contribution is 0.0738. The summed E-state index contributed by atoms with van der Waals surface area (Å²) in [6.07, 6.45) is 4.77. The second kappa shape index (κ2) is 5.81. The molecule has 0 bridgehead atoms. The summed E-state index contributed by atoms with van der Waals surface area (Å²) in [5.41, 5.74) is 1.41. The molecule has 1 aromatic rings. The highest BCUT2D eigenvalue weighted by molar-refractivity contribution is 5.19. The molecule has 0 radical (unpaired) electrons. The summed E-state index contributed by atoms with van der Waals surface area (Å²) >= 11 is 0. The van der Waals surface area contributed by atoms with Gasteiger partial charge >= 0.3 is 0 Å². The SMILES string of the molecule is CNCC1(Cc2ccc(F)cc2)CCCCN1C. The number of piperidine rings is 1. The van der Waals surface area contributed by atoms with Crippen molar-refractivity contribution >= 4 is 0 Å². The Morgan fingerprint density at radius 1 is 1.28 bits per heavy atom. The maximum Gasteiger partial charge on any atom is 0.123 e. The number of halogens is 1. The van der Waals surface area contributed by atoms with Crippen LogP contribution in [0.15, 0.2) is 24.3 Å². The van der Waals surface area contributed by atoms with Crippen LogP contribution in [-0.4, -0.2) is 37.6 Å². The standard InChI is InChI=1S/C15H23FN2/c1-17-12-15(9-3-4-10-18(15)2)11-13-5-7-14(16)8-6-13/h5-8,17H,3-4,9-12H2,1-2H3. The van der Waals surface area contributed by atoms with Gasteiger partial charge in [-0.1, -0.05) is 18.6 Å². The first kappa shape index (κ1) is 13.5. The van der Waals surface area contributed by atoms with Crippen molar-refractivity contribution in [3.63, 3.8) is 0 Å². The highest BCUT2D eigenvalue weighted by Crippen LogP contribution is 2.30. The first-order valence-electron chi connectivity index (χ1n) is 6.77. The summed E-state index contributed by atoms with van der Waals surface area (Å²) in [7, 11) is 4.22. The lowest BCUT2D eigenvalue weighted by atomic mass is 9.81.